The third kappa shape index (κ3) is 2.88. The Morgan fingerprint density at radius 2 is 2.31 bits per heavy atom. The van der Waals surface area contributed by atoms with Crippen LogP contribution in [0.2, 0.25) is 5.02 Å². The summed E-state index contributed by atoms with van der Waals surface area (Å²) in [6.07, 6.45) is 6.58. The van der Waals surface area contributed by atoms with Gasteiger partial charge in [-0.1, -0.05) is 17.5 Å². The van der Waals surface area contributed by atoms with Crippen LogP contribution in [0.4, 0.5) is 5.82 Å². The van der Waals surface area contributed by atoms with Gasteiger partial charge in [0, 0.05) is 6.20 Å². The molecule has 1 aromatic rings. The zero-order valence-corrected chi connectivity index (χ0v) is 9.67. The molecule has 0 spiro atoms. The molecule has 0 saturated carbocycles. The average molecular weight is 239 g/mol. The van der Waals surface area contributed by atoms with Crippen LogP contribution >= 0.6 is 11.6 Å². The molecule has 0 bridgehead atoms. The first-order chi connectivity index (χ1) is 7.35. The van der Waals surface area contributed by atoms with Gasteiger partial charge in [0.2, 0.25) is 0 Å². The lowest BCUT2D eigenvalue weighted by molar-refractivity contribution is 0.0697. The summed E-state index contributed by atoms with van der Waals surface area (Å²) in [5, 5.41) is 11.9. The number of nitrogens with one attached hydrogen (secondary N) is 1. The van der Waals surface area contributed by atoms with E-state index in [0.717, 1.165) is 0 Å². The summed E-state index contributed by atoms with van der Waals surface area (Å²) < 4.78 is 0. The number of hydrogen-bond donors (Lipinski definition) is 2. The van der Waals surface area contributed by atoms with E-state index in [0.29, 0.717) is 5.82 Å². The molecule has 4 nitrogen and oxygen atoms in total. The van der Waals surface area contributed by atoms with E-state index in [-0.39, 0.29) is 10.6 Å². The number of terminal acetylenes is 1. The number of rotatable bonds is 3. The Morgan fingerprint density at radius 3 is 2.81 bits per heavy atom. The molecule has 0 aromatic carbocycles. The van der Waals surface area contributed by atoms with E-state index in [2.05, 4.69) is 16.2 Å². The second-order valence-electron chi connectivity index (χ2n) is 3.75. The number of pyridine rings is 1. The van der Waals surface area contributed by atoms with Crippen molar-refractivity contribution in [1.82, 2.24) is 4.98 Å². The average Bonchev–Trinajstić information content (AvgIpc) is 2.20. The second-order valence-corrected chi connectivity index (χ2v) is 4.16. The zero-order valence-electron chi connectivity index (χ0n) is 8.91. The number of hydrogen-bond acceptors (Lipinski definition) is 3. The van der Waals surface area contributed by atoms with E-state index in [9.17, 15) is 4.79 Å². The van der Waals surface area contributed by atoms with Crippen molar-refractivity contribution in [2.45, 2.75) is 19.4 Å². The van der Waals surface area contributed by atoms with Crippen molar-refractivity contribution in [2.24, 2.45) is 0 Å². The fraction of sp³-hybridized carbons (Fsp3) is 0.273. The minimum atomic E-state index is -1.10. The summed E-state index contributed by atoms with van der Waals surface area (Å²) in [4.78, 5) is 14.8. The quantitative estimate of drug-likeness (QED) is 0.793. The number of carboxylic acid groups (broad SMARTS) is 1. The molecule has 0 unspecified atom stereocenters. The van der Waals surface area contributed by atoms with Crippen LogP contribution in [-0.2, 0) is 0 Å². The maximum atomic E-state index is 10.8. The van der Waals surface area contributed by atoms with Gasteiger partial charge in [-0.2, -0.15) is 0 Å². The van der Waals surface area contributed by atoms with Gasteiger partial charge in [0.05, 0.1) is 16.1 Å². The molecule has 0 saturated heterocycles. The van der Waals surface area contributed by atoms with E-state index in [1.165, 1.54) is 12.3 Å². The van der Waals surface area contributed by atoms with Gasteiger partial charge in [-0.25, -0.2) is 9.78 Å². The Labute approximate surface area is 98.6 Å². The standard InChI is InChI=1S/C11H11ClN2O2/c1-4-11(2,3)14-9-5-7(10(15)16)8(12)6-13-9/h1,5-6H,2-3H3,(H,13,14)(H,15,16). The van der Waals surface area contributed by atoms with Gasteiger partial charge in [-0.05, 0) is 19.9 Å². The lowest BCUT2D eigenvalue weighted by Crippen LogP contribution is -2.29. The summed E-state index contributed by atoms with van der Waals surface area (Å²) >= 11 is 5.68. The van der Waals surface area contributed by atoms with Crippen LogP contribution in [0.3, 0.4) is 0 Å². The maximum Gasteiger partial charge on any atom is 0.337 e. The van der Waals surface area contributed by atoms with Gasteiger partial charge in [0.25, 0.3) is 0 Å². The molecule has 0 atom stereocenters. The number of carbonyl (C=O) groups is 1. The van der Waals surface area contributed by atoms with Crippen LogP contribution in [0.15, 0.2) is 12.3 Å². The minimum absolute atomic E-state index is 0.00742. The normalized spacial score (nSPS) is 10.6. The highest BCUT2D eigenvalue weighted by molar-refractivity contribution is 6.33. The molecule has 0 fully saturated rings. The van der Waals surface area contributed by atoms with Crippen molar-refractivity contribution in [1.29, 1.82) is 0 Å². The Kier molecular flexibility index (Phi) is 3.41. The van der Waals surface area contributed by atoms with E-state index in [1.54, 1.807) is 13.8 Å². The molecule has 1 rings (SSSR count). The lowest BCUT2D eigenvalue weighted by atomic mass is 10.1. The molecule has 1 aromatic heterocycles. The highest BCUT2D eigenvalue weighted by Crippen LogP contribution is 2.20. The van der Waals surface area contributed by atoms with Crippen LogP contribution < -0.4 is 5.32 Å². The topological polar surface area (TPSA) is 62.2 Å². The van der Waals surface area contributed by atoms with Crippen LogP contribution in [0, 0.1) is 12.3 Å². The Bertz CT molecular complexity index is 464. The Morgan fingerprint density at radius 1 is 1.69 bits per heavy atom. The van der Waals surface area contributed by atoms with Gasteiger partial charge in [-0.15, -0.1) is 6.42 Å². The number of carboxylic acids is 1. The maximum absolute atomic E-state index is 10.8. The third-order valence-corrected chi connectivity index (χ3v) is 2.19. The van der Waals surface area contributed by atoms with Crippen LogP contribution in [0.25, 0.3) is 0 Å². The molecule has 5 heteroatoms. The first-order valence-electron chi connectivity index (χ1n) is 4.50. The summed E-state index contributed by atoms with van der Waals surface area (Å²) in [6.45, 7) is 3.56. The van der Waals surface area contributed by atoms with Crippen molar-refractivity contribution in [3.05, 3.63) is 22.8 Å². The zero-order chi connectivity index (χ0) is 12.3. The molecular weight excluding hydrogens is 228 g/mol. The van der Waals surface area contributed by atoms with Crippen molar-refractivity contribution in [3.8, 4) is 12.3 Å². The highest BCUT2D eigenvalue weighted by atomic mass is 35.5. The third-order valence-electron chi connectivity index (χ3n) is 1.89. The van der Waals surface area contributed by atoms with Gasteiger partial charge < -0.3 is 10.4 Å². The molecule has 0 aliphatic heterocycles. The van der Waals surface area contributed by atoms with E-state index in [4.69, 9.17) is 23.1 Å². The van der Waals surface area contributed by atoms with Crippen molar-refractivity contribution >= 4 is 23.4 Å². The SMILES string of the molecule is C#CC(C)(C)Nc1cc(C(=O)O)c(Cl)cn1. The van der Waals surface area contributed by atoms with Crippen LogP contribution in [0.5, 0.6) is 0 Å². The molecule has 84 valence electrons. The Hall–Kier alpha value is -1.73. The van der Waals surface area contributed by atoms with Crippen molar-refractivity contribution in [3.63, 3.8) is 0 Å². The second kappa shape index (κ2) is 4.42. The first kappa shape index (κ1) is 12.3. The number of halogens is 1. The number of aromatic nitrogens is 1. The minimum Gasteiger partial charge on any atom is -0.478 e. The molecular formula is C11H11ClN2O2. The lowest BCUT2D eigenvalue weighted by Gasteiger charge is -2.20. The highest BCUT2D eigenvalue weighted by Gasteiger charge is 2.16. The summed E-state index contributed by atoms with van der Waals surface area (Å²) in [5.74, 6) is 1.80. The number of aromatic carboxylic acids is 1. The van der Waals surface area contributed by atoms with Crippen LogP contribution in [0.1, 0.15) is 24.2 Å². The molecule has 0 amide bonds. The van der Waals surface area contributed by atoms with Crippen LogP contribution in [-0.4, -0.2) is 21.6 Å². The molecule has 2 N–H and O–H groups in total. The molecule has 0 aliphatic rings. The van der Waals surface area contributed by atoms with E-state index in [1.807, 2.05) is 0 Å². The predicted octanol–water partition coefficient (Wildman–Crippen LogP) is 2.26. The fourth-order valence-corrected chi connectivity index (χ4v) is 1.21. The molecule has 16 heavy (non-hydrogen) atoms. The summed E-state index contributed by atoms with van der Waals surface area (Å²) in [6, 6.07) is 1.35. The predicted molar refractivity (Wildman–Crippen MR) is 62.7 cm³/mol. The molecule has 1 heterocycles. The Balaban J connectivity index is 3.06. The fourth-order valence-electron chi connectivity index (χ4n) is 1.03. The van der Waals surface area contributed by atoms with Gasteiger partial charge in [0.15, 0.2) is 0 Å². The van der Waals surface area contributed by atoms with E-state index < -0.39 is 11.5 Å². The number of nitrogens with zero attached hydrogens (tertiary/aromatic N) is 1. The van der Waals surface area contributed by atoms with E-state index >= 15 is 0 Å². The van der Waals surface area contributed by atoms with Gasteiger partial charge in [0.1, 0.15) is 5.82 Å². The first-order valence-corrected chi connectivity index (χ1v) is 4.88. The largest absolute Gasteiger partial charge is 0.478 e. The van der Waals surface area contributed by atoms with Gasteiger partial charge in [-0.3, -0.25) is 0 Å². The van der Waals surface area contributed by atoms with Crippen molar-refractivity contribution in [2.75, 3.05) is 5.32 Å². The molecule has 0 aliphatic carbocycles. The van der Waals surface area contributed by atoms with Crippen molar-refractivity contribution < 1.29 is 9.90 Å². The van der Waals surface area contributed by atoms with Gasteiger partial charge >= 0.3 is 5.97 Å². The summed E-state index contributed by atoms with van der Waals surface area (Å²) in [7, 11) is 0. The molecule has 0 radical (unpaired) electrons. The monoisotopic (exact) mass is 238 g/mol. The number of anilines is 1. The smallest absolute Gasteiger partial charge is 0.337 e. The summed E-state index contributed by atoms with van der Waals surface area (Å²) in [5.41, 5.74) is -0.608.